The van der Waals surface area contributed by atoms with Crippen LogP contribution in [0.4, 0.5) is 0 Å². The predicted octanol–water partition coefficient (Wildman–Crippen LogP) is -0.163. The largest absolute Gasteiger partial charge is 0.352 e. The third-order valence-corrected chi connectivity index (χ3v) is 1.20. The van der Waals surface area contributed by atoms with Gasteiger partial charge in [-0.3, -0.25) is 9.59 Å². The van der Waals surface area contributed by atoms with Crippen LogP contribution in [0.15, 0.2) is 12.7 Å². The number of Topliss-reactive ketones (excluding diaryl/α,β-unsaturated/α-hetero) is 1. The fraction of sp³-hybridized carbons (Fsp3) is 0.375. The number of hydrogen-bond acceptors (Lipinski definition) is 3. The Kier molecular flexibility index (Phi) is 5.51. The molecule has 0 fully saturated rings. The highest BCUT2D eigenvalue weighted by Gasteiger charge is 2.00. The number of ketones is 1. The maximum Gasteiger partial charge on any atom is 0.243 e. The van der Waals surface area contributed by atoms with Gasteiger partial charge in [-0.15, -0.1) is 0 Å². The summed E-state index contributed by atoms with van der Waals surface area (Å²) in [7, 11) is 0. The van der Waals surface area contributed by atoms with Crippen LogP contribution in [0.1, 0.15) is 12.8 Å². The highest BCUT2D eigenvalue weighted by atomic mass is 16.2. The SMILES string of the molecule is C=CC(=O)NCCC(=O)CC=O. The van der Waals surface area contributed by atoms with E-state index in [4.69, 9.17) is 0 Å². The zero-order valence-corrected chi connectivity index (χ0v) is 6.71. The van der Waals surface area contributed by atoms with Gasteiger partial charge in [0.2, 0.25) is 5.91 Å². The second-order valence-corrected chi connectivity index (χ2v) is 2.15. The van der Waals surface area contributed by atoms with Crippen molar-refractivity contribution in [2.24, 2.45) is 0 Å². The van der Waals surface area contributed by atoms with Crippen LogP contribution in [0, 0.1) is 0 Å². The molecule has 0 unspecified atom stereocenters. The van der Waals surface area contributed by atoms with E-state index in [-0.39, 0.29) is 31.1 Å². The maximum atomic E-state index is 10.7. The minimum Gasteiger partial charge on any atom is -0.352 e. The predicted molar refractivity (Wildman–Crippen MR) is 43.5 cm³/mol. The average molecular weight is 169 g/mol. The summed E-state index contributed by atoms with van der Waals surface area (Å²) < 4.78 is 0. The van der Waals surface area contributed by atoms with Crippen LogP contribution in [0.25, 0.3) is 0 Å². The summed E-state index contributed by atoms with van der Waals surface area (Å²) in [4.78, 5) is 31.1. The number of rotatable bonds is 6. The van der Waals surface area contributed by atoms with Gasteiger partial charge in [-0.2, -0.15) is 0 Å². The standard InChI is InChI=1S/C8H11NO3/c1-2-8(12)9-5-3-7(11)4-6-10/h2,6H,1,3-5H2,(H,9,12). The molecule has 66 valence electrons. The summed E-state index contributed by atoms with van der Waals surface area (Å²) in [6.45, 7) is 3.50. The van der Waals surface area contributed by atoms with Crippen LogP contribution < -0.4 is 5.32 Å². The van der Waals surface area contributed by atoms with Crippen LogP contribution >= 0.6 is 0 Å². The molecular weight excluding hydrogens is 158 g/mol. The summed E-state index contributed by atoms with van der Waals surface area (Å²) in [5, 5.41) is 2.43. The lowest BCUT2D eigenvalue weighted by molar-refractivity contribution is -0.122. The first-order valence-electron chi connectivity index (χ1n) is 3.56. The van der Waals surface area contributed by atoms with Crippen molar-refractivity contribution in [3.8, 4) is 0 Å². The molecule has 0 atom stereocenters. The Morgan fingerprint density at radius 3 is 2.58 bits per heavy atom. The van der Waals surface area contributed by atoms with Gasteiger partial charge < -0.3 is 10.1 Å². The van der Waals surface area contributed by atoms with Gasteiger partial charge in [-0.1, -0.05) is 6.58 Å². The van der Waals surface area contributed by atoms with E-state index in [1.54, 1.807) is 0 Å². The fourth-order valence-corrected chi connectivity index (χ4v) is 0.592. The molecule has 0 rings (SSSR count). The van der Waals surface area contributed by atoms with Crippen molar-refractivity contribution in [3.05, 3.63) is 12.7 Å². The van der Waals surface area contributed by atoms with Gasteiger partial charge in [-0.25, -0.2) is 0 Å². The zero-order chi connectivity index (χ0) is 9.40. The van der Waals surface area contributed by atoms with E-state index in [2.05, 4.69) is 11.9 Å². The number of carbonyl (C=O) groups is 3. The third kappa shape index (κ3) is 5.34. The smallest absolute Gasteiger partial charge is 0.243 e. The summed E-state index contributed by atoms with van der Waals surface area (Å²) in [6.07, 6.45) is 1.80. The van der Waals surface area contributed by atoms with E-state index in [1.807, 2.05) is 0 Å². The van der Waals surface area contributed by atoms with Crippen LogP contribution in [0.2, 0.25) is 0 Å². The van der Waals surface area contributed by atoms with Gasteiger partial charge in [0.25, 0.3) is 0 Å². The quantitative estimate of drug-likeness (QED) is 0.341. The van der Waals surface area contributed by atoms with Crippen molar-refractivity contribution in [2.75, 3.05) is 6.54 Å². The monoisotopic (exact) mass is 169 g/mol. The summed E-state index contributed by atoms with van der Waals surface area (Å²) in [6, 6.07) is 0. The molecule has 0 aromatic rings. The molecule has 0 saturated carbocycles. The van der Waals surface area contributed by atoms with E-state index >= 15 is 0 Å². The molecule has 0 radical (unpaired) electrons. The van der Waals surface area contributed by atoms with E-state index in [9.17, 15) is 14.4 Å². The summed E-state index contributed by atoms with van der Waals surface area (Å²) >= 11 is 0. The zero-order valence-electron chi connectivity index (χ0n) is 6.71. The Morgan fingerprint density at radius 2 is 2.08 bits per heavy atom. The Balaban J connectivity index is 3.42. The Bertz CT molecular complexity index is 198. The van der Waals surface area contributed by atoms with Gasteiger partial charge in [0.05, 0.1) is 6.42 Å². The second kappa shape index (κ2) is 6.27. The van der Waals surface area contributed by atoms with E-state index in [0.717, 1.165) is 6.08 Å². The van der Waals surface area contributed by atoms with Crippen molar-refractivity contribution in [2.45, 2.75) is 12.8 Å². The fourth-order valence-electron chi connectivity index (χ4n) is 0.592. The van der Waals surface area contributed by atoms with Gasteiger partial charge >= 0.3 is 0 Å². The van der Waals surface area contributed by atoms with Crippen molar-refractivity contribution in [3.63, 3.8) is 0 Å². The number of amides is 1. The van der Waals surface area contributed by atoms with Gasteiger partial charge in [0.15, 0.2) is 0 Å². The highest BCUT2D eigenvalue weighted by molar-refractivity contribution is 5.90. The molecule has 1 amide bonds. The number of carbonyl (C=O) groups excluding carboxylic acids is 3. The number of hydrogen-bond donors (Lipinski definition) is 1. The first-order valence-corrected chi connectivity index (χ1v) is 3.56. The van der Waals surface area contributed by atoms with Crippen molar-refractivity contribution in [1.29, 1.82) is 0 Å². The molecule has 0 aliphatic heterocycles. The van der Waals surface area contributed by atoms with Crippen LogP contribution in [0.3, 0.4) is 0 Å². The van der Waals surface area contributed by atoms with Crippen molar-refractivity contribution < 1.29 is 14.4 Å². The molecule has 0 aliphatic rings. The second-order valence-electron chi connectivity index (χ2n) is 2.15. The molecule has 0 aromatic carbocycles. The van der Waals surface area contributed by atoms with E-state index in [1.165, 1.54) is 0 Å². The third-order valence-electron chi connectivity index (χ3n) is 1.20. The lowest BCUT2D eigenvalue weighted by atomic mass is 10.2. The molecule has 1 N–H and O–H groups in total. The van der Waals surface area contributed by atoms with Gasteiger partial charge in [0.1, 0.15) is 12.1 Å². The molecular formula is C8H11NO3. The average Bonchev–Trinajstić information content (AvgIpc) is 2.04. The first kappa shape index (κ1) is 10.6. The van der Waals surface area contributed by atoms with Crippen LogP contribution in [-0.2, 0) is 14.4 Å². The summed E-state index contributed by atoms with van der Waals surface area (Å²) in [5.41, 5.74) is 0. The number of aldehydes is 1. The van der Waals surface area contributed by atoms with Gasteiger partial charge in [0, 0.05) is 13.0 Å². The van der Waals surface area contributed by atoms with E-state index in [0.29, 0.717) is 6.29 Å². The highest BCUT2D eigenvalue weighted by Crippen LogP contribution is 1.84. The van der Waals surface area contributed by atoms with Crippen molar-refractivity contribution in [1.82, 2.24) is 5.32 Å². The lowest BCUT2D eigenvalue weighted by Gasteiger charge is -1.98. The van der Waals surface area contributed by atoms with Crippen LogP contribution in [0.5, 0.6) is 0 Å². The Labute approximate surface area is 70.6 Å². The molecule has 0 bridgehead atoms. The van der Waals surface area contributed by atoms with Gasteiger partial charge in [-0.05, 0) is 6.08 Å². The lowest BCUT2D eigenvalue weighted by Crippen LogP contribution is -2.23. The molecule has 4 heteroatoms. The molecule has 12 heavy (non-hydrogen) atoms. The van der Waals surface area contributed by atoms with Crippen LogP contribution in [-0.4, -0.2) is 24.5 Å². The minimum absolute atomic E-state index is 0.0794. The Hall–Kier alpha value is -1.45. The minimum atomic E-state index is -0.311. The topological polar surface area (TPSA) is 63.2 Å². The molecule has 0 spiro atoms. The molecule has 0 aliphatic carbocycles. The maximum absolute atomic E-state index is 10.7. The molecule has 0 saturated heterocycles. The Morgan fingerprint density at radius 1 is 1.42 bits per heavy atom. The normalized spacial score (nSPS) is 8.67. The molecule has 4 nitrogen and oxygen atoms in total. The molecule has 0 heterocycles. The van der Waals surface area contributed by atoms with Crippen molar-refractivity contribution >= 4 is 18.0 Å². The molecule has 0 aromatic heterocycles. The summed E-state index contributed by atoms with van der Waals surface area (Å²) in [5.74, 6) is -0.483. The number of nitrogens with one attached hydrogen (secondary N) is 1. The van der Waals surface area contributed by atoms with E-state index < -0.39 is 0 Å². The first-order chi connectivity index (χ1) is 5.70.